The minimum absolute atomic E-state index is 0.143. The molecular weight excluding hydrogens is 336 g/mol. The zero-order chi connectivity index (χ0) is 17.4. The number of amides is 1. The summed E-state index contributed by atoms with van der Waals surface area (Å²) in [5, 5.41) is 1.49. The lowest BCUT2D eigenvalue weighted by Crippen LogP contribution is -2.31. The van der Waals surface area contributed by atoms with Gasteiger partial charge in [0, 0.05) is 23.4 Å². The quantitative estimate of drug-likeness (QED) is 0.622. The number of pyridine rings is 1. The number of para-hydroxylation sites is 1. The van der Waals surface area contributed by atoms with Gasteiger partial charge in [0.15, 0.2) is 0 Å². The van der Waals surface area contributed by atoms with Crippen molar-refractivity contribution in [2.45, 2.75) is 32.9 Å². The van der Waals surface area contributed by atoms with Crippen LogP contribution in [0.2, 0.25) is 5.15 Å². The molecule has 0 saturated heterocycles. The Morgan fingerprint density at radius 2 is 2.12 bits per heavy atom. The summed E-state index contributed by atoms with van der Waals surface area (Å²) in [5.41, 5.74) is 2.86. The number of benzene rings is 1. The van der Waals surface area contributed by atoms with Crippen molar-refractivity contribution in [3.63, 3.8) is 0 Å². The average molecular weight is 355 g/mol. The molecule has 5 heteroatoms. The van der Waals surface area contributed by atoms with E-state index in [1.54, 1.807) is 6.26 Å². The maximum atomic E-state index is 12.7. The highest BCUT2D eigenvalue weighted by molar-refractivity contribution is 6.30. The van der Waals surface area contributed by atoms with Crippen LogP contribution in [0.25, 0.3) is 10.9 Å². The molecule has 0 radical (unpaired) electrons. The molecule has 1 aromatic carbocycles. The van der Waals surface area contributed by atoms with Crippen molar-refractivity contribution in [3.05, 3.63) is 64.7 Å². The smallest absolute Gasteiger partial charge is 0.226 e. The summed E-state index contributed by atoms with van der Waals surface area (Å²) in [5.74, 6) is 1.08. The second-order valence-corrected chi connectivity index (χ2v) is 6.99. The maximum absolute atomic E-state index is 12.7. The number of carbonyl (C=O) groups excluding carboxylic acids is 1. The molecule has 0 N–H and O–H groups in total. The van der Waals surface area contributed by atoms with E-state index in [1.807, 2.05) is 48.2 Å². The highest BCUT2D eigenvalue weighted by Gasteiger charge is 2.34. The number of carbonyl (C=O) groups is 1. The van der Waals surface area contributed by atoms with E-state index in [-0.39, 0.29) is 11.8 Å². The zero-order valence-corrected chi connectivity index (χ0v) is 14.8. The lowest BCUT2D eigenvalue weighted by atomic mass is 10.1. The van der Waals surface area contributed by atoms with Crippen LogP contribution in [0.3, 0.4) is 0 Å². The molecule has 2 aromatic heterocycles. The SMILES string of the molecule is Cc1cccc2cc(CN(Cc3ccco3)C(=O)C3CC3)c(Cl)nc12. The van der Waals surface area contributed by atoms with Crippen LogP contribution in [-0.2, 0) is 17.9 Å². The molecule has 3 aromatic rings. The molecule has 128 valence electrons. The number of nitrogens with zero attached hydrogens (tertiary/aromatic N) is 2. The molecule has 0 bridgehead atoms. The van der Waals surface area contributed by atoms with Crippen LogP contribution in [0.1, 0.15) is 29.7 Å². The van der Waals surface area contributed by atoms with E-state index in [2.05, 4.69) is 4.98 Å². The van der Waals surface area contributed by atoms with Crippen molar-refractivity contribution in [2.75, 3.05) is 0 Å². The van der Waals surface area contributed by atoms with Crippen molar-refractivity contribution in [3.8, 4) is 0 Å². The Morgan fingerprint density at radius 1 is 1.28 bits per heavy atom. The summed E-state index contributed by atoms with van der Waals surface area (Å²) >= 11 is 6.43. The first kappa shape index (κ1) is 16.2. The van der Waals surface area contributed by atoms with Gasteiger partial charge in [-0.25, -0.2) is 4.98 Å². The van der Waals surface area contributed by atoms with Crippen LogP contribution in [0.4, 0.5) is 0 Å². The van der Waals surface area contributed by atoms with E-state index in [1.165, 1.54) is 0 Å². The molecule has 0 spiro atoms. The molecular formula is C20H19ClN2O2. The number of hydrogen-bond donors (Lipinski definition) is 0. The van der Waals surface area contributed by atoms with E-state index < -0.39 is 0 Å². The first-order valence-electron chi connectivity index (χ1n) is 8.48. The van der Waals surface area contributed by atoms with E-state index in [0.717, 1.165) is 40.6 Å². The van der Waals surface area contributed by atoms with E-state index >= 15 is 0 Å². The molecule has 1 saturated carbocycles. The molecule has 4 rings (SSSR count). The molecule has 2 heterocycles. The highest BCUT2D eigenvalue weighted by atomic mass is 35.5. The van der Waals surface area contributed by atoms with Gasteiger partial charge in [-0.1, -0.05) is 29.8 Å². The van der Waals surface area contributed by atoms with E-state index in [0.29, 0.717) is 18.2 Å². The first-order valence-corrected chi connectivity index (χ1v) is 8.85. The Labute approximate surface area is 151 Å². The lowest BCUT2D eigenvalue weighted by Gasteiger charge is -2.22. The molecule has 0 aliphatic heterocycles. The van der Waals surface area contributed by atoms with Gasteiger partial charge in [-0.2, -0.15) is 0 Å². The Balaban J connectivity index is 1.65. The molecule has 1 aliphatic carbocycles. The number of rotatable bonds is 5. The average Bonchev–Trinajstić information content (AvgIpc) is 3.32. The topological polar surface area (TPSA) is 46.3 Å². The molecule has 4 nitrogen and oxygen atoms in total. The van der Waals surface area contributed by atoms with Gasteiger partial charge in [-0.15, -0.1) is 0 Å². The number of halogens is 1. The summed E-state index contributed by atoms with van der Waals surface area (Å²) in [6, 6.07) is 11.8. The molecule has 1 aliphatic rings. The van der Waals surface area contributed by atoms with Gasteiger partial charge in [-0.3, -0.25) is 4.79 Å². The standard InChI is InChI=1S/C20H19ClN2O2/c1-13-4-2-5-15-10-16(19(21)22-18(13)15)11-23(20(24)14-7-8-14)12-17-6-3-9-25-17/h2-6,9-10,14H,7-8,11-12H2,1H3. The number of furan rings is 1. The van der Waals surface area contributed by atoms with Gasteiger partial charge < -0.3 is 9.32 Å². The first-order chi connectivity index (χ1) is 12.1. The van der Waals surface area contributed by atoms with Crippen molar-refractivity contribution in [2.24, 2.45) is 5.92 Å². The van der Waals surface area contributed by atoms with Crippen LogP contribution >= 0.6 is 11.6 Å². The minimum atomic E-state index is 0.143. The zero-order valence-electron chi connectivity index (χ0n) is 14.0. The number of fused-ring (bicyclic) bond motifs is 1. The number of aryl methyl sites for hydroxylation is 1. The van der Waals surface area contributed by atoms with Crippen molar-refractivity contribution in [1.29, 1.82) is 0 Å². The summed E-state index contributed by atoms with van der Waals surface area (Å²) in [6.07, 6.45) is 3.56. The van der Waals surface area contributed by atoms with E-state index in [9.17, 15) is 4.79 Å². The fourth-order valence-electron chi connectivity index (χ4n) is 3.08. The normalized spacial score (nSPS) is 14.0. The number of aromatic nitrogens is 1. The number of hydrogen-bond acceptors (Lipinski definition) is 3. The van der Waals surface area contributed by atoms with E-state index in [4.69, 9.17) is 16.0 Å². The Kier molecular flexibility index (Phi) is 4.22. The van der Waals surface area contributed by atoms with Gasteiger partial charge in [-0.05, 0) is 43.5 Å². The largest absolute Gasteiger partial charge is 0.467 e. The predicted octanol–water partition coefficient (Wildman–Crippen LogP) is 4.73. The second kappa shape index (κ2) is 6.52. The van der Waals surface area contributed by atoms with Gasteiger partial charge >= 0.3 is 0 Å². The predicted molar refractivity (Wildman–Crippen MR) is 97.2 cm³/mol. The third-order valence-electron chi connectivity index (χ3n) is 4.60. The summed E-state index contributed by atoms with van der Waals surface area (Å²) < 4.78 is 5.43. The third kappa shape index (κ3) is 3.40. The monoisotopic (exact) mass is 354 g/mol. The van der Waals surface area contributed by atoms with Crippen molar-refractivity contribution >= 4 is 28.4 Å². The molecule has 1 fully saturated rings. The van der Waals surface area contributed by atoms with Gasteiger partial charge in [0.1, 0.15) is 10.9 Å². The highest BCUT2D eigenvalue weighted by Crippen LogP contribution is 2.33. The van der Waals surface area contributed by atoms with Gasteiger partial charge in [0.25, 0.3) is 0 Å². The molecule has 0 unspecified atom stereocenters. The van der Waals surface area contributed by atoms with Crippen LogP contribution in [-0.4, -0.2) is 15.8 Å². The second-order valence-electron chi connectivity index (χ2n) is 6.63. The lowest BCUT2D eigenvalue weighted by molar-refractivity contribution is -0.134. The maximum Gasteiger partial charge on any atom is 0.226 e. The fraction of sp³-hybridized carbons (Fsp3) is 0.300. The minimum Gasteiger partial charge on any atom is -0.467 e. The summed E-state index contributed by atoms with van der Waals surface area (Å²) in [7, 11) is 0. The molecule has 25 heavy (non-hydrogen) atoms. The van der Waals surface area contributed by atoms with Crippen LogP contribution < -0.4 is 0 Å². The van der Waals surface area contributed by atoms with Gasteiger partial charge in [0.2, 0.25) is 5.91 Å². The third-order valence-corrected chi connectivity index (χ3v) is 4.93. The fourth-order valence-corrected chi connectivity index (χ4v) is 3.27. The van der Waals surface area contributed by atoms with Crippen molar-refractivity contribution in [1.82, 2.24) is 9.88 Å². The van der Waals surface area contributed by atoms with Crippen LogP contribution in [0, 0.1) is 12.8 Å². The molecule has 1 amide bonds. The summed E-state index contributed by atoms with van der Waals surface area (Å²) in [6.45, 7) is 2.90. The Bertz CT molecular complexity index is 917. The van der Waals surface area contributed by atoms with Crippen LogP contribution in [0.5, 0.6) is 0 Å². The van der Waals surface area contributed by atoms with Gasteiger partial charge in [0.05, 0.1) is 18.3 Å². The van der Waals surface area contributed by atoms with Crippen molar-refractivity contribution < 1.29 is 9.21 Å². The molecule has 0 atom stereocenters. The Morgan fingerprint density at radius 3 is 2.84 bits per heavy atom. The Hall–Kier alpha value is -2.33. The summed E-state index contributed by atoms with van der Waals surface area (Å²) in [4.78, 5) is 19.1. The van der Waals surface area contributed by atoms with Crippen LogP contribution in [0.15, 0.2) is 47.1 Å².